The lowest BCUT2D eigenvalue weighted by Gasteiger charge is -2.51. The van der Waals surface area contributed by atoms with E-state index in [0.29, 0.717) is 44.5 Å². The van der Waals surface area contributed by atoms with E-state index in [4.69, 9.17) is 27.9 Å². The van der Waals surface area contributed by atoms with Crippen LogP contribution < -0.4 is 4.31 Å². The lowest BCUT2D eigenvalue weighted by molar-refractivity contribution is -0.139. The molecule has 3 heterocycles. The van der Waals surface area contributed by atoms with Crippen molar-refractivity contribution in [2.45, 2.75) is 42.2 Å². The minimum atomic E-state index is -4.01. The molecule has 0 aliphatic carbocycles. The first-order chi connectivity index (χ1) is 22.1. The van der Waals surface area contributed by atoms with Gasteiger partial charge in [0.15, 0.2) is 0 Å². The van der Waals surface area contributed by atoms with Crippen LogP contribution >= 0.6 is 23.2 Å². The number of likely N-dealkylation sites (N-methyl/N-ethyl adjacent to an activating group) is 1. The van der Waals surface area contributed by atoms with Crippen LogP contribution in [0.4, 0.5) is 10.1 Å². The van der Waals surface area contributed by atoms with Gasteiger partial charge < -0.3 is 14.5 Å². The van der Waals surface area contributed by atoms with Gasteiger partial charge in [-0.1, -0.05) is 53.5 Å². The van der Waals surface area contributed by atoms with Crippen LogP contribution in [0.1, 0.15) is 30.4 Å². The molecule has 6 rings (SSSR count). The smallest absolute Gasteiger partial charge is 0.264 e. The predicted molar refractivity (Wildman–Crippen MR) is 178 cm³/mol. The highest BCUT2D eigenvalue weighted by Crippen LogP contribution is 2.40. The molecule has 0 spiro atoms. The van der Waals surface area contributed by atoms with Gasteiger partial charge in [-0.2, -0.15) is 0 Å². The number of fused-ring (bicyclic) bond motifs is 1. The van der Waals surface area contributed by atoms with Crippen molar-refractivity contribution in [3.8, 4) is 0 Å². The highest BCUT2D eigenvalue weighted by atomic mass is 35.5. The first-order valence-electron chi connectivity index (χ1n) is 15.7. The number of piperazine rings is 1. The Morgan fingerprint density at radius 3 is 2.39 bits per heavy atom. The van der Waals surface area contributed by atoms with Gasteiger partial charge in [0.05, 0.1) is 33.3 Å². The number of aryl methyl sites for hydroxylation is 1. The molecule has 0 N–H and O–H groups in total. The minimum absolute atomic E-state index is 0.0372. The Hall–Kier alpha value is -2.73. The summed E-state index contributed by atoms with van der Waals surface area (Å²) in [5, 5.41) is 0.425. The molecule has 1 atom stereocenters. The molecule has 2 fully saturated rings. The van der Waals surface area contributed by atoms with Crippen molar-refractivity contribution in [1.82, 2.24) is 14.7 Å². The topological polar surface area (TPSA) is 73.4 Å². The van der Waals surface area contributed by atoms with Crippen LogP contribution in [-0.2, 0) is 31.5 Å². The van der Waals surface area contributed by atoms with E-state index in [1.807, 2.05) is 29.2 Å². The van der Waals surface area contributed by atoms with Crippen LogP contribution in [-0.4, -0.2) is 94.6 Å². The van der Waals surface area contributed by atoms with Gasteiger partial charge in [0.25, 0.3) is 10.0 Å². The van der Waals surface area contributed by atoms with Gasteiger partial charge >= 0.3 is 0 Å². The maximum atomic E-state index is 14.4. The van der Waals surface area contributed by atoms with Crippen LogP contribution in [0.2, 0.25) is 10.0 Å². The number of carbonyl (C=O) groups is 1. The number of piperidine rings is 1. The number of sulfonamides is 1. The Morgan fingerprint density at radius 1 is 0.935 bits per heavy atom. The van der Waals surface area contributed by atoms with E-state index in [1.165, 1.54) is 28.6 Å². The Labute approximate surface area is 280 Å². The van der Waals surface area contributed by atoms with Gasteiger partial charge in [-0.05, 0) is 80.3 Å². The number of hydrogen-bond donors (Lipinski definition) is 0. The molecular weight excluding hydrogens is 650 g/mol. The lowest BCUT2D eigenvalue weighted by atomic mass is 9.78. The van der Waals surface area contributed by atoms with E-state index in [9.17, 15) is 17.6 Å². The maximum Gasteiger partial charge on any atom is 0.264 e. The number of halogens is 3. The van der Waals surface area contributed by atoms with Crippen molar-refractivity contribution < 1.29 is 22.3 Å². The monoisotopic (exact) mass is 688 g/mol. The van der Waals surface area contributed by atoms with Crippen molar-refractivity contribution in [2.24, 2.45) is 0 Å². The number of rotatable bonds is 8. The van der Waals surface area contributed by atoms with E-state index >= 15 is 0 Å². The van der Waals surface area contributed by atoms with Gasteiger partial charge in [-0.15, -0.1) is 0 Å². The van der Waals surface area contributed by atoms with Crippen molar-refractivity contribution in [1.29, 1.82) is 0 Å². The molecule has 12 heteroatoms. The maximum absolute atomic E-state index is 14.4. The normalized spacial score (nSPS) is 20.8. The average molecular weight is 690 g/mol. The van der Waals surface area contributed by atoms with E-state index in [0.717, 1.165) is 37.3 Å². The summed E-state index contributed by atoms with van der Waals surface area (Å²) in [6.07, 6.45) is 2.62. The number of nitrogens with zero attached hydrogens (tertiary/aromatic N) is 4. The van der Waals surface area contributed by atoms with Gasteiger partial charge in [0, 0.05) is 44.8 Å². The van der Waals surface area contributed by atoms with E-state index in [-0.39, 0.29) is 45.4 Å². The largest absolute Gasteiger partial charge is 0.369 e. The van der Waals surface area contributed by atoms with Crippen LogP contribution in [0.15, 0.2) is 71.6 Å². The average Bonchev–Trinajstić information content (AvgIpc) is 3.06. The van der Waals surface area contributed by atoms with Crippen molar-refractivity contribution in [3.63, 3.8) is 0 Å². The summed E-state index contributed by atoms with van der Waals surface area (Å²) in [4.78, 5) is 20.0. The molecule has 3 aliphatic heterocycles. The van der Waals surface area contributed by atoms with Gasteiger partial charge in [-0.25, -0.2) is 12.8 Å². The second-order valence-corrected chi connectivity index (χ2v) is 15.1. The highest BCUT2D eigenvalue weighted by Gasteiger charge is 2.43. The van der Waals surface area contributed by atoms with Crippen LogP contribution in [0, 0.1) is 5.82 Å². The molecular formula is C34H39Cl2FN4O4S. The lowest BCUT2D eigenvalue weighted by Crippen LogP contribution is -2.59. The molecule has 2 saturated heterocycles. The summed E-state index contributed by atoms with van der Waals surface area (Å²) in [5.74, 6) is -0.389. The van der Waals surface area contributed by atoms with Gasteiger partial charge in [-0.3, -0.25) is 14.0 Å². The van der Waals surface area contributed by atoms with Crippen LogP contribution in [0.5, 0.6) is 0 Å². The number of amides is 1. The third-order valence-electron chi connectivity index (χ3n) is 9.71. The van der Waals surface area contributed by atoms with Crippen molar-refractivity contribution in [2.75, 3.05) is 63.8 Å². The summed E-state index contributed by atoms with van der Waals surface area (Å²) in [7, 11) is -1.90. The predicted octanol–water partition coefficient (Wildman–Crippen LogP) is 5.42. The number of para-hydroxylation sites is 1. The zero-order valence-corrected chi connectivity index (χ0v) is 28.2. The van der Waals surface area contributed by atoms with Crippen molar-refractivity contribution in [3.05, 3.63) is 93.7 Å². The number of hydrogen-bond acceptors (Lipinski definition) is 6. The Bertz CT molecular complexity index is 1680. The molecule has 246 valence electrons. The summed E-state index contributed by atoms with van der Waals surface area (Å²) in [6.45, 7) is 4.61. The number of benzene rings is 3. The van der Waals surface area contributed by atoms with E-state index in [2.05, 4.69) is 16.8 Å². The SMILES string of the molecule is CN1CCN(C2(c3cccc(F)c3)CCN(C(=O)COCC3CCc4ccccc4N3S(=O)(=O)c3ccc(Cl)c(Cl)c3)CC2)CC1. The Kier molecular flexibility index (Phi) is 9.94. The molecule has 0 aromatic heterocycles. The summed E-state index contributed by atoms with van der Waals surface area (Å²) >= 11 is 12.3. The molecule has 1 amide bonds. The molecule has 46 heavy (non-hydrogen) atoms. The first kappa shape index (κ1) is 33.2. The summed E-state index contributed by atoms with van der Waals surface area (Å²) in [6, 6.07) is 18.1. The highest BCUT2D eigenvalue weighted by molar-refractivity contribution is 7.92. The zero-order chi connectivity index (χ0) is 32.5. The van der Waals surface area contributed by atoms with Crippen LogP contribution in [0.25, 0.3) is 0 Å². The Morgan fingerprint density at radius 2 is 1.67 bits per heavy atom. The third kappa shape index (κ3) is 6.66. The fourth-order valence-corrected chi connectivity index (χ4v) is 9.19. The summed E-state index contributed by atoms with van der Waals surface area (Å²) < 4.78 is 49.7. The van der Waals surface area contributed by atoms with Crippen LogP contribution in [0.3, 0.4) is 0 Å². The molecule has 0 saturated carbocycles. The van der Waals surface area contributed by atoms with Gasteiger partial charge in [0.2, 0.25) is 5.91 Å². The number of anilines is 1. The minimum Gasteiger partial charge on any atom is -0.369 e. The Balaban J connectivity index is 1.13. The molecule has 3 aromatic carbocycles. The number of carbonyl (C=O) groups excluding carboxylic acids is 1. The molecule has 8 nitrogen and oxygen atoms in total. The fourth-order valence-electron chi connectivity index (χ4n) is 7.10. The standard InChI is InChI=1S/C34H39Cl2FN4O4S/c1-38-17-19-40(20-18-38)34(26-6-4-7-27(37)21-26)13-15-39(16-14-34)33(42)24-45-23-28-10-9-25-5-2-3-8-32(25)41(28)46(43,44)29-11-12-30(35)31(36)22-29/h2-8,11-12,21-22,28H,9-10,13-20,23-24H2,1H3. The first-order valence-corrected chi connectivity index (χ1v) is 17.9. The third-order valence-corrected chi connectivity index (χ3v) is 12.3. The quantitative estimate of drug-likeness (QED) is 0.315. The number of likely N-dealkylation sites (tertiary alicyclic amines) is 1. The van der Waals surface area contributed by atoms with E-state index in [1.54, 1.807) is 18.2 Å². The zero-order valence-electron chi connectivity index (χ0n) is 25.9. The molecule has 3 aliphatic rings. The molecule has 0 radical (unpaired) electrons. The van der Waals surface area contributed by atoms with E-state index < -0.39 is 16.1 Å². The second kappa shape index (κ2) is 13.8. The molecule has 1 unspecified atom stereocenters. The second-order valence-electron chi connectivity index (χ2n) is 12.4. The fraction of sp³-hybridized carbons (Fsp3) is 0.441. The summed E-state index contributed by atoms with van der Waals surface area (Å²) in [5.41, 5.74) is 2.14. The number of ether oxygens (including phenoxy) is 1. The molecule has 0 bridgehead atoms. The molecule has 3 aromatic rings. The van der Waals surface area contributed by atoms with Gasteiger partial charge in [0.1, 0.15) is 12.4 Å². The van der Waals surface area contributed by atoms with Crippen molar-refractivity contribution >= 4 is 44.8 Å².